The topological polar surface area (TPSA) is 41.1 Å². The second-order valence-corrected chi connectivity index (χ2v) is 5.05. The van der Waals surface area contributed by atoms with Crippen molar-refractivity contribution in [2.75, 3.05) is 11.9 Å². The van der Waals surface area contributed by atoms with Crippen LogP contribution in [-0.2, 0) is 4.79 Å². The Morgan fingerprint density at radius 2 is 1.80 bits per heavy atom. The summed E-state index contributed by atoms with van der Waals surface area (Å²) >= 11 is 0. The molecule has 0 radical (unpaired) electrons. The van der Waals surface area contributed by atoms with Gasteiger partial charge in [-0.05, 0) is 31.0 Å². The summed E-state index contributed by atoms with van der Waals surface area (Å²) in [7, 11) is 0. The number of nitrogens with one attached hydrogen (secondary N) is 2. The molecule has 1 atom stereocenters. The van der Waals surface area contributed by atoms with E-state index < -0.39 is 0 Å². The lowest BCUT2D eigenvalue weighted by Crippen LogP contribution is -2.35. The van der Waals surface area contributed by atoms with Gasteiger partial charge in [-0.1, -0.05) is 48.5 Å². The van der Waals surface area contributed by atoms with Gasteiger partial charge in [0.05, 0.1) is 6.04 Å². The number of carbonyl (C=O) groups excluding carboxylic acids is 1. The maximum Gasteiger partial charge on any atom is 0.241 e. The number of benzene rings is 2. The van der Waals surface area contributed by atoms with E-state index in [4.69, 9.17) is 0 Å². The monoisotopic (exact) mass is 266 g/mol. The summed E-state index contributed by atoms with van der Waals surface area (Å²) in [5, 5.41) is 6.27. The maximum absolute atomic E-state index is 12.2. The summed E-state index contributed by atoms with van der Waals surface area (Å²) in [6, 6.07) is 18.0. The third-order valence-corrected chi connectivity index (χ3v) is 3.65. The van der Waals surface area contributed by atoms with Gasteiger partial charge in [0.15, 0.2) is 0 Å². The summed E-state index contributed by atoms with van der Waals surface area (Å²) in [5.74, 6) is 0.0610. The van der Waals surface area contributed by atoms with E-state index >= 15 is 0 Å². The molecular formula is C17H18N2O. The SMILES string of the molecule is O=C(Nc1ccccc1-c1ccccc1)C1CCCN1. The van der Waals surface area contributed by atoms with Crippen LogP contribution < -0.4 is 10.6 Å². The minimum absolute atomic E-state index is 0.0566. The Morgan fingerprint density at radius 3 is 2.55 bits per heavy atom. The molecule has 0 aromatic heterocycles. The standard InChI is InChI=1S/C17H18N2O/c20-17(16-11-6-12-18-16)19-15-10-5-4-9-14(15)13-7-2-1-3-8-13/h1-5,7-10,16,18H,6,11-12H2,(H,19,20). The zero-order chi connectivity index (χ0) is 13.8. The fraction of sp³-hybridized carbons (Fsp3) is 0.235. The van der Waals surface area contributed by atoms with Gasteiger partial charge < -0.3 is 10.6 Å². The highest BCUT2D eigenvalue weighted by Crippen LogP contribution is 2.27. The Bertz CT molecular complexity index is 589. The molecule has 102 valence electrons. The van der Waals surface area contributed by atoms with Gasteiger partial charge in [-0.15, -0.1) is 0 Å². The first-order chi connectivity index (χ1) is 9.84. The van der Waals surface area contributed by atoms with E-state index in [9.17, 15) is 4.79 Å². The smallest absolute Gasteiger partial charge is 0.241 e. The average Bonchev–Trinajstić information content (AvgIpc) is 3.03. The van der Waals surface area contributed by atoms with Crippen molar-refractivity contribution in [3.05, 3.63) is 54.6 Å². The van der Waals surface area contributed by atoms with Crippen LogP contribution in [0.2, 0.25) is 0 Å². The number of rotatable bonds is 3. The summed E-state index contributed by atoms with van der Waals surface area (Å²) in [6.45, 7) is 0.929. The fourth-order valence-corrected chi connectivity index (χ4v) is 2.59. The Hall–Kier alpha value is -2.13. The van der Waals surface area contributed by atoms with Gasteiger partial charge >= 0.3 is 0 Å². The van der Waals surface area contributed by atoms with E-state index in [-0.39, 0.29) is 11.9 Å². The van der Waals surface area contributed by atoms with Gasteiger partial charge in [-0.3, -0.25) is 4.79 Å². The molecule has 0 aliphatic carbocycles. The van der Waals surface area contributed by atoms with Crippen molar-refractivity contribution in [2.24, 2.45) is 0 Å². The Morgan fingerprint density at radius 1 is 1.05 bits per heavy atom. The largest absolute Gasteiger partial charge is 0.324 e. The lowest BCUT2D eigenvalue weighted by Gasteiger charge is -2.14. The highest BCUT2D eigenvalue weighted by atomic mass is 16.2. The molecule has 2 N–H and O–H groups in total. The molecule has 0 spiro atoms. The molecule has 20 heavy (non-hydrogen) atoms. The highest BCUT2D eigenvalue weighted by molar-refractivity contribution is 5.98. The molecule has 0 saturated carbocycles. The normalized spacial score (nSPS) is 17.9. The molecule has 1 amide bonds. The molecule has 3 nitrogen and oxygen atoms in total. The van der Waals surface area contributed by atoms with Crippen molar-refractivity contribution in [1.29, 1.82) is 0 Å². The summed E-state index contributed by atoms with van der Waals surface area (Å²) in [6.07, 6.45) is 1.98. The fourth-order valence-electron chi connectivity index (χ4n) is 2.59. The van der Waals surface area contributed by atoms with Crippen LogP contribution in [-0.4, -0.2) is 18.5 Å². The van der Waals surface area contributed by atoms with Gasteiger partial charge in [0.25, 0.3) is 0 Å². The molecule has 0 bridgehead atoms. The second kappa shape index (κ2) is 5.88. The van der Waals surface area contributed by atoms with E-state index in [1.807, 2.05) is 42.5 Å². The van der Waals surface area contributed by atoms with Crippen LogP contribution in [0, 0.1) is 0 Å². The predicted octanol–water partition coefficient (Wildman–Crippen LogP) is 3.04. The van der Waals surface area contributed by atoms with Crippen molar-refractivity contribution in [3.8, 4) is 11.1 Å². The molecule has 2 aromatic rings. The van der Waals surface area contributed by atoms with E-state index in [2.05, 4.69) is 22.8 Å². The number of carbonyl (C=O) groups is 1. The lowest BCUT2D eigenvalue weighted by molar-refractivity contribution is -0.117. The van der Waals surface area contributed by atoms with Crippen LogP contribution in [0.5, 0.6) is 0 Å². The first-order valence-corrected chi connectivity index (χ1v) is 7.03. The molecule has 1 aliphatic rings. The third kappa shape index (κ3) is 2.73. The number of para-hydroxylation sites is 1. The van der Waals surface area contributed by atoms with E-state index in [1.165, 1.54) is 0 Å². The second-order valence-electron chi connectivity index (χ2n) is 5.05. The summed E-state index contributed by atoms with van der Waals surface area (Å²) < 4.78 is 0. The number of amides is 1. The van der Waals surface area contributed by atoms with Crippen molar-refractivity contribution >= 4 is 11.6 Å². The Labute approximate surface area is 119 Å². The Balaban J connectivity index is 1.85. The van der Waals surface area contributed by atoms with Crippen LogP contribution in [0.25, 0.3) is 11.1 Å². The minimum atomic E-state index is -0.0566. The van der Waals surface area contributed by atoms with Gasteiger partial charge in [0, 0.05) is 11.3 Å². The van der Waals surface area contributed by atoms with E-state index in [0.717, 1.165) is 36.2 Å². The van der Waals surface area contributed by atoms with Crippen LogP contribution in [0.15, 0.2) is 54.6 Å². The van der Waals surface area contributed by atoms with Gasteiger partial charge in [-0.2, -0.15) is 0 Å². The van der Waals surface area contributed by atoms with Crippen molar-refractivity contribution in [1.82, 2.24) is 5.32 Å². The number of anilines is 1. The lowest BCUT2D eigenvalue weighted by atomic mass is 10.0. The summed E-state index contributed by atoms with van der Waals surface area (Å²) in [4.78, 5) is 12.2. The van der Waals surface area contributed by atoms with Crippen LogP contribution in [0.3, 0.4) is 0 Å². The molecule has 1 unspecified atom stereocenters. The molecule has 3 heteroatoms. The molecule has 1 heterocycles. The average molecular weight is 266 g/mol. The minimum Gasteiger partial charge on any atom is -0.324 e. The van der Waals surface area contributed by atoms with Gasteiger partial charge in [-0.25, -0.2) is 0 Å². The molecule has 1 fully saturated rings. The van der Waals surface area contributed by atoms with E-state index in [0.29, 0.717) is 0 Å². The quantitative estimate of drug-likeness (QED) is 0.896. The third-order valence-electron chi connectivity index (χ3n) is 3.65. The predicted molar refractivity (Wildman–Crippen MR) is 81.5 cm³/mol. The summed E-state index contributed by atoms with van der Waals surface area (Å²) in [5.41, 5.74) is 3.04. The van der Waals surface area contributed by atoms with Crippen LogP contribution in [0.4, 0.5) is 5.69 Å². The highest BCUT2D eigenvalue weighted by Gasteiger charge is 2.22. The van der Waals surface area contributed by atoms with Crippen molar-refractivity contribution in [2.45, 2.75) is 18.9 Å². The molecule has 1 saturated heterocycles. The van der Waals surface area contributed by atoms with Crippen molar-refractivity contribution in [3.63, 3.8) is 0 Å². The zero-order valence-electron chi connectivity index (χ0n) is 11.3. The molecule has 2 aromatic carbocycles. The number of hydrogen-bond donors (Lipinski definition) is 2. The maximum atomic E-state index is 12.2. The van der Waals surface area contributed by atoms with Gasteiger partial charge in [0.2, 0.25) is 5.91 Å². The zero-order valence-corrected chi connectivity index (χ0v) is 11.3. The molecule has 1 aliphatic heterocycles. The van der Waals surface area contributed by atoms with Crippen LogP contribution >= 0.6 is 0 Å². The Kier molecular flexibility index (Phi) is 3.79. The van der Waals surface area contributed by atoms with Crippen molar-refractivity contribution < 1.29 is 4.79 Å². The molecule has 3 rings (SSSR count). The van der Waals surface area contributed by atoms with Gasteiger partial charge in [0.1, 0.15) is 0 Å². The first kappa shape index (κ1) is 12.9. The number of hydrogen-bond acceptors (Lipinski definition) is 2. The molecular weight excluding hydrogens is 248 g/mol. The first-order valence-electron chi connectivity index (χ1n) is 7.03. The van der Waals surface area contributed by atoms with E-state index in [1.54, 1.807) is 0 Å². The van der Waals surface area contributed by atoms with Crippen LogP contribution in [0.1, 0.15) is 12.8 Å².